The molecule has 3 aromatic rings. The Labute approximate surface area is 209 Å². The third-order valence-electron chi connectivity index (χ3n) is 6.49. The van der Waals surface area contributed by atoms with Gasteiger partial charge in [0.1, 0.15) is 18.2 Å². The van der Waals surface area contributed by atoms with E-state index in [1.165, 1.54) is 17.5 Å². The maximum Gasteiger partial charge on any atom is 0.288 e. The zero-order valence-corrected chi connectivity index (χ0v) is 20.2. The molecule has 1 atom stereocenters. The number of ether oxygens (including phenoxy) is 1. The van der Waals surface area contributed by atoms with Gasteiger partial charge in [-0.05, 0) is 49.7 Å². The average Bonchev–Trinajstić information content (AvgIpc) is 3.53. The highest BCUT2D eigenvalue weighted by molar-refractivity contribution is 5.98. The first kappa shape index (κ1) is 23.6. The Bertz CT molecular complexity index is 1330. The van der Waals surface area contributed by atoms with Crippen molar-refractivity contribution in [2.45, 2.75) is 25.3 Å². The van der Waals surface area contributed by atoms with Crippen LogP contribution in [0.25, 0.3) is 0 Å². The zero-order chi connectivity index (χ0) is 25.1. The summed E-state index contributed by atoms with van der Waals surface area (Å²) in [4.78, 5) is 33.7. The van der Waals surface area contributed by atoms with Gasteiger partial charge in [0.25, 0.3) is 11.8 Å². The number of carbonyl (C=O) groups excluding carboxylic acids is 2. The number of amides is 2. The molecule has 0 unspecified atom stereocenters. The van der Waals surface area contributed by atoms with Crippen molar-refractivity contribution in [2.24, 2.45) is 5.73 Å². The molecule has 5 rings (SSSR count). The van der Waals surface area contributed by atoms with Crippen molar-refractivity contribution in [1.29, 1.82) is 0 Å². The van der Waals surface area contributed by atoms with Crippen molar-refractivity contribution in [1.82, 2.24) is 19.7 Å². The molecule has 2 amide bonds. The molecule has 2 aromatic carbocycles. The minimum absolute atomic E-state index is 0.0412. The Morgan fingerprint density at radius 3 is 2.69 bits per heavy atom. The Hall–Kier alpha value is -4.16. The van der Waals surface area contributed by atoms with Crippen LogP contribution in [-0.4, -0.2) is 64.8 Å². The van der Waals surface area contributed by atoms with Gasteiger partial charge in [-0.2, -0.15) is 0 Å². The molecule has 2 aliphatic rings. The maximum absolute atomic E-state index is 13.6. The van der Waals surface area contributed by atoms with Crippen molar-refractivity contribution in [3.8, 4) is 17.6 Å². The molecule has 184 valence electrons. The van der Waals surface area contributed by atoms with E-state index in [0.29, 0.717) is 23.7 Å². The number of anilines is 1. The van der Waals surface area contributed by atoms with E-state index in [9.17, 15) is 9.59 Å². The standard InChI is InChI=1S/C27H28N6O3/c1-31-21-16-20(10-7-15-32-13-5-6-14-32)11-12-23(21)36-18-22(27(31)35)33-24(29-26(30-33)25(28)34)17-19-8-3-2-4-9-19/h2-4,8-9,11-12,16,22H,5-6,13-15,17-18H2,1H3,(H2,28,34)/t22-/m0/s1. The zero-order valence-electron chi connectivity index (χ0n) is 20.2. The first-order chi connectivity index (χ1) is 17.5. The predicted octanol–water partition coefficient (Wildman–Crippen LogP) is 2.01. The second kappa shape index (κ2) is 10.2. The molecular weight excluding hydrogens is 456 g/mol. The van der Waals surface area contributed by atoms with Gasteiger partial charge in [0, 0.05) is 19.0 Å². The summed E-state index contributed by atoms with van der Waals surface area (Å²) in [6.07, 6.45) is 2.84. The molecule has 0 aliphatic carbocycles. The van der Waals surface area contributed by atoms with E-state index in [0.717, 1.165) is 30.8 Å². The smallest absolute Gasteiger partial charge is 0.288 e. The third-order valence-corrected chi connectivity index (χ3v) is 6.49. The number of carbonyl (C=O) groups is 2. The maximum atomic E-state index is 13.6. The Morgan fingerprint density at radius 1 is 1.17 bits per heavy atom. The Morgan fingerprint density at radius 2 is 1.94 bits per heavy atom. The van der Waals surface area contributed by atoms with E-state index in [1.807, 2.05) is 48.5 Å². The van der Waals surface area contributed by atoms with Crippen molar-refractivity contribution in [3.63, 3.8) is 0 Å². The largest absolute Gasteiger partial charge is 0.489 e. The van der Waals surface area contributed by atoms with E-state index < -0.39 is 11.9 Å². The van der Waals surface area contributed by atoms with Gasteiger partial charge >= 0.3 is 0 Å². The summed E-state index contributed by atoms with van der Waals surface area (Å²) >= 11 is 0. The van der Waals surface area contributed by atoms with Crippen LogP contribution < -0.4 is 15.4 Å². The summed E-state index contributed by atoms with van der Waals surface area (Å²) < 4.78 is 7.52. The summed E-state index contributed by atoms with van der Waals surface area (Å²) in [7, 11) is 1.70. The predicted molar refractivity (Wildman–Crippen MR) is 135 cm³/mol. The number of likely N-dealkylation sites (N-methyl/N-ethyl adjacent to an activating group) is 1. The molecule has 1 aromatic heterocycles. The van der Waals surface area contributed by atoms with Crippen molar-refractivity contribution >= 4 is 17.5 Å². The molecule has 3 heterocycles. The lowest BCUT2D eigenvalue weighted by Crippen LogP contribution is -2.36. The topological polar surface area (TPSA) is 107 Å². The molecule has 36 heavy (non-hydrogen) atoms. The average molecular weight is 485 g/mol. The summed E-state index contributed by atoms with van der Waals surface area (Å²) in [5.74, 6) is 6.38. The molecule has 9 nitrogen and oxygen atoms in total. The van der Waals surface area contributed by atoms with Gasteiger partial charge in [-0.15, -0.1) is 5.10 Å². The van der Waals surface area contributed by atoms with Crippen LogP contribution in [0.15, 0.2) is 48.5 Å². The number of likely N-dealkylation sites (tertiary alicyclic amines) is 1. The van der Waals surface area contributed by atoms with Crippen molar-refractivity contribution in [3.05, 3.63) is 71.3 Å². The van der Waals surface area contributed by atoms with Gasteiger partial charge in [0.15, 0.2) is 6.04 Å². The molecule has 1 fully saturated rings. The Balaban J connectivity index is 1.41. The van der Waals surface area contributed by atoms with Crippen LogP contribution in [0.1, 0.15) is 46.5 Å². The number of hydrogen-bond donors (Lipinski definition) is 1. The molecule has 9 heteroatoms. The van der Waals surface area contributed by atoms with Crippen molar-refractivity contribution < 1.29 is 14.3 Å². The molecule has 0 bridgehead atoms. The van der Waals surface area contributed by atoms with Crippen LogP contribution in [0.3, 0.4) is 0 Å². The van der Waals surface area contributed by atoms with Crippen LogP contribution >= 0.6 is 0 Å². The van der Waals surface area contributed by atoms with E-state index in [1.54, 1.807) is 11.9 Å². The highest BCUT2D eigenvalue weighted by atomic mass is 16.5. The van der Waals surface area contributed by atoms with Crippen LogP contribution in [0, 0.1) is 11.8 Å². The normalized spacial score (nSPS) is 17.6. The summed E-state index contributed by atoms with van der Waals surface area (Å²) in [6, 6.07) is 14.4. The SMILES string of the molecule is CN1C(=O)[C@@H](n2nc(C(N)=O)nc2Cc2ccccc2)COc2ccc(C#CCN3CCCC3)cc21. The number of nitrogens with zero attached hydrogens (tertiary/aromatic N) is 5. The second-order valence-electron chi connectivity index (χ2n) is 9.01. The highest BCUT2D eigenvalue weighted by Gasteiger charge is 2.34. The van der Waals surface area contributed by atoms with Crippen molar-refractivity contribution in [2.75, 3.05) is 38.2 Å². The van der Waals surface area contributed by atoms with Gasteiger partial charge in [0.05, 0.1) is 12.2 Å². The van der Waals surface area contributed by atoms with Gasteiger partial charge in [-0.3, -0.25) is 14.5 Å². The third kappa shape index (κ3) is 4.95. The minimum Gasteiger partial charge on any atom is -0.489 e. The van der Waals surface area contributed by atoms with Gasteiger partial charge in [0.2, 0.25) is 5.82 Å². The molecule has 0 radical (unpaired) electrons. The van der Waals surface area contributed by atoms with Gasteiger partial charge in [-0.1, -0.05) is 42.2 Å². The number of hydrogen-bond acceptors (Lipinski definition) is 6. The molecular formula is C27H28N6O3. The van der Waals surface area contributed by atoms with Crippen LogP contribution in [0.2, 0.25) is 0 Å². The van der Waals surface area contributed by atoms with E-state index >= 15 is 0 Å². The second-order valence-corrected chi connectivity index (χ2v) is 9.01. The molecule has 0 spiro atoms. The van der Waals surface area contributed by atoms with E-state index in [2.05, 4.69) is 26.8 Å². The first-order valence-corrected chi connectivity index (χ1v) is 12.0. The fourth-order valence-corrected chi connectivity index (χ4v) is 4.54. The number of fused-ring (bicyclic) bond motifs is 1. The number of aromatic nitrogens is 3. The fourth-order valence-electron chi connectivity index (χ4n) is 4.54. The fraction of sp³-hybridized carbons (Fsp3) is 0.333. The van der Waals surface area contributed by atoms with Gasteiger partial charge in [-0.25, -0.2) is 9.67 Å². The lowest BCUT2D eigenvalue weighted by Gasteiger charge is -2.21. The summed E-state index contributed by atoms with van der Waals surface area (Å²) in [5.41, 5.74) is 7.88. The molecule has 2 N–H and O–H groups in total. The molecule has 2 aliphatic heterocycles. The molecule has 0 saturated carbocycles. The van der Waals surface area contributed by atoms with Crippen LogP contribution in [-0.2, 0) is 11.2 Å². The van der Waals surface area contributed by atoms with Gasteiger partial charge < -0.3 is 15.4 Å². The number of rotatable bonds is 5. The van der Waals surface area contributed by atoms with E-state index in [4.69, 9.17) is 10.5 Å². The summed E-state index contributed by atoms with van der Waals surface area (Å²) in [6.45, 7) is 2.97. The Kier molecular flexibility index (Phi) is 6.69. The highest BCUT2D eigenvalue weighted by Crippen LogP contribution is 2.34. The number of benzene rings is 2. The molecule has 1 saturated heterocycles. The number of primary amides is 1. The monoisotopic (exact) mass is 484 g/mol. The number of nitrogens with two attached hydrogens (primary N) is 1. The summed E-state index contributed by atoms with van der Waals surface area (Å²) in [5, 5.41) is 4.29. The van der Waals surface area contributed by atoms with Crippen LogP contribution in [0.5, 0.6) is 5.75 Å². The lowest BCUT2D eigenvalue weighted by atomic mass is 10.1. The van der Waals surface area contributed by atoms with E-state index in [-0.39, 0.29) is 18.3 Å². The first-order valence-electron chi connectivity index (χ1n) is 12.0. The quantitative estimate of drug-likeness (QED) is 0.556. The van der Waals surface area contributed by atoms with Crippen LogP contribution in [0.4, 0.5) is 5.69 Å². The minimum atomic E-state index is -0.814. The lowest BCUT2D eigenvalue weighted by molar-refractivity contribution is -0.122.